The molecule has 3 aromatic heterocycles. The molecule has 2 N–H and O–H groups in total. The molecule has 10 heteroatoms. The molecule has 0 atom stereocenters. The molecule has 1 amide bonds. The number of rotatable bonds is 4. The highest BCUT2D eigenvalue weighted by atomic mass is 35.5. The van der Waals surface area contributed by atoms with Crippen LogP contribution in [0.1, 0.15) is 18.5 Å². The summed E-state index contributed by atoms with van der Waals surface area (Å²) in [5.74, 6) is -0.0206. The number of nitrogens with one attached hydrogen (secondary N) is 2. The number of amides is 1. The van der Waals surface area contributed by atoms with Gasteiger partial charge in [-0.15, -0.1) is 24.8 Å². The van der Waals surface area contributed by atoms with Crippen LogP contribution in [0.25, 0.3) is 5.65 Å². The van der Waals surface area contributed by atoms with Gasteiger partial charge in [0, 0.05) is 24.8 Å². The zero-order chi connectivity index (χ0) is 17.3. The molecule has 3 aromatic rings. The molecule has 0 bridgehead atoms. The molecule has 0 aromatic carbocycles. The molecule has 0 radical (unpaired) electrons. The van der Waals surface area contributed by atoms with Crippen molar-refractivity contribution >= 4 is 48.0 Å². The second kappa shape index (κ2) is 8.93. The van der Waals surface area contributed by atoms with Gasteiger partial charge in [0.25, 0.3) is 0 Å². The highest BCUT2D eigenvalue weighted by molar-refractivity contribution is 6.30. The van der Waals surface area contributed by atoms with Gasteiger partial charge in [-0.1, -0.05) is 11.6 Å². The van der Waals surface area contributed by atoms with E-state index < -0.39 is 5.54 Å². The number of hydrogen-bond acceptors (Lipinski definition) is 4. The standard InChI is InChI=1S/C17H19ClN6O.2ClH/c18-13-2-3-15-22-14(12-23(15)11-13)10-20-16(25)17(4-7-19-8-5-17)24-9-1-6-21-24;;/h1-3,6,9,11-12,19H,4-5,7-8,10H2,(H,20,25);2*1H. The van der Waals surface area contributed by atoms with E-state index in [1.54, 1.807) is 23.1 Å². The molecule has 27 heavy (non-hydrogen) atoms. The van der Waals surface area contributed by atoms with E-state index in [0.717, 1.165) is 24.4 Å². The van der Waals surface area contributed by atoms with Crippen molar-refractivity contribution in [3.8, 4) is 0 Å². The maximum absolute atomic E-state index is 13.0. The lowest BCUT2D eigenvalue weighted by Gasteiger charge is -2.36. The summed E-state index contributed by atoms with van der Waals surface area (Å²) in [6.07, 6.45) is 8.67. The van der Waals surface area contributed by atoms with Crippen molar-refractivity contribution < 1.29 is 4.79 Å². The van der Waals surface area contributed by atoms with Crippen LogP contribution in [0, 0.1) is 0 Å². The number of carbonyl (C=O) groups excluding carboxylic acids is 1. The molecule has 0 aliphatic carbocycles. The molecule has 0 unspecified atom stereocenters. The number of pyridine rings is 1. The number of hydrogen-bond donors (Lipinski definition) is 2. The number of fused-ring (bicyclic) bond motifs is 1. The van der Waals surface area contributed by atoms with Crippen molar-refractivity contribution in [3.63, 3.8) is 0 Å². The van der Waals surface area contributed by atoms with Crippen molar-refractivity contribution in [1.82, 2.24) is 29.8 Å². The minimum absolute atomic E-state index is 0. The predicted molar refractivity (Wildman–Crippen MR) is 109 cm³/mol. The highest BCUT2D eigenvalue weighted by Crippen LogP contribution is 2.27. The summed E-state index contributed by atoms with van der Waals surface area (Å²) in [6.45, 7) is 1.95. The lowest BCUT2D eigenvalue weighted by molar-refractivity contribution is -0.132. The molecule has 146 valence electrons. The summed E-state index contributed by atoms with van der Waals surface area (Å²) in [6, 6.07) is 5.50. The van der Waals surface area contributed by atoms with E-state index in [1.807, 2.05) is 28.9 Å². The zero-order valence-corrected chi connectivity index (χ0v) is 16.9. The fraction of sp³-hybridized carbons (Fsp3) is 0.353. The number of nitrogens with zero attached hydrogens (tertiary/aromatic N) is 4. The smallest absolute Gasteiger partial charge is 0.248 e. The molecule has 0 spiro atoms. The highest BCUT2D eigenvalue weighted by Gasteiger charge is 2.41. The van der Waals surface area contributed by atoms with Gasteiger partial charge in [-0.2, -0.15) is 5.10 Å². The molecule has 4 heterocycles. The van der Waals surface area contributed by atoms with E-state index in [9.17, 15) is 4.79 Å². The van der Waals surface area contributed by atoms with Gasteiger partial charge in [0.15, 0.2) is 0 Å². The van der Waals surface area contributed by atoms with E-state index in [-0.39, 0.29) is 30.7 Å². The SMILES string of the molecule is Cl.Cl.O=C(NCc1cn2cc(Cl)ccc2n1)C1(n2cccn2)CCNCC1. The Balaban J connectivity index is 0.00000131. The van der Waals surface area contributed by atoms with E-state index >= 15 is 0 Å². The summed E-state index contributed by atoms with van der Waals surface area (Å²) < 4.78 is 3.64. The first kappa shape index (κ1) is 21.5. The minimum Gasteiger partial charge on any atom is -0.348 e. The molecular formula is C17H21Cl3N6O. The number of imidazole rings is 1. The predicted octanol–water partition coefficient (Wildman–Crippen LogP) is 2.42. The average molecular weight is 432 g/mol. The molecule has 4 rings (SSSR count). The van der Waals surface area contributed by atoms with Crippen LogP contribution in [-0.2, 0) is 16.9 Å². The van der Waals surface area contributed by atoms with E-state index in [0.29, 0.717) is 24.4 Å². The summed E-state index contributed by atoms with van der Waals surface area (Å²) >= 11 is 6.00. The third-order valence-electron chi connectivity index (χ3n) is 4.69. The Bertz CT molecular complexity index is 889. The van der Waals surface area contributed by atoms with Crippen LogP contribution in [0.15, 0.2) is 43.0 Å². The molecule has 1 saturated heterocycles. The van der Waals surface area contributed by atoms with Crippen LogP contribution in [0.5, 0.6) is 0 Å². The van der Waals surface area contributed by atoms with E-state index in [1.165, 1.54) is 0 Å². The first-order valence-electron chi connectivity index (χ1n) is 8.30. The largest absolute Gasteiger partial charge is 0.348 e. The molecular weight excluding hydrogens is 411 g/mol. The second-order valence-corrected chi connectivity index (χ2v) is 6.70. The van der Waals surface area contributed by atoms with E-state index in [2.05, 4.69) is 20.7 Å². The van der Waals surface area contributed by atoms with Gasteiger partial charge in [0.2, 0.25) is 5.91 Å². The lowest BCUT2D eigenvalue weighted by atomic mass is 9.87. The first-order valence-corrected chi connectivity index (χ1v) is 8.67. The maximum atomic E-state index is 13.0. The Morgan fingerprint density at radius 3 is 2.74 bits per heavy atom. The van der Waals surface area contributed by atoms with Crippen LogP contribution >= 0.6 is 36.4 Å². The zero-order valence-electron chi connectivity index (χ0n) is 14.5. The molecule has 1 fully saturated rings. The summed E-state index contributed by atoms with van der Waals surface area (Å²) in [4.78, 5) is 17.5. The lowest BCUT2D eigenvalue weighted by Crippen LogP contribution is -2.54. The number of carbonyl (C=O) groups is 1. The fourth-order valence-electron chi connectivity index (χ4n) is 3.36. The molecule has 7 nitrogen and oxygen atoms in total. The van der Waals surface area contributed by atoms with Crippen LogP contribution in [0.4, 0.5) is 0 Å². The van der Waals surface area contributed by atoms with Crippen LogP contribution in [0.3, 0.4) is 0 Å². The third-order valence-corrected chi connectivity index (χ3v) is 4.91. The van der Waals surface area contributed by atoms with Gasteiger partial charge in [-0.3, -0.25) is 9.48 Å². The summed E-state index contributed by atoms with van der Waals surface area (Å²) in [5, 5.41) is 11.3. The Labute approximate surface area is 174 Å². The normalized spacial score (nSPS) is 15.6. The monoisotopic (exact) mass is 430 g/mol. The van der Waals surface area contributed by atoms with Gasteiger partial charge >= 0.3 is 0 Å². The topological polar surface area (TPSA) is 76.2 Å². The average Bonchev–Trinajstić information content (AvgIpc) is 3.29. The fourth-order valence-corrected chi connectivity index (χ4v) is 3.53. The third kappa shape index (κ3) is 4.21. The second-order valence-electron chi connectivity index (χ2n) is 6.26. The number of aromatic nitrogens is 4. The Morgan fingerprint density at radius 1 is 1.26 bits per heavy atom. The Hall–Kier alpha value is -1.80. The van der Waals surface area contributed by atoms with Crippen molar-refractivity contribution in [1.29, 1.82) is 0 Å². The quantitative estimate of drug-likeness (QED) is 0.665. The van der Waals surface area contributed by atoms with Crippen molar-refractivity contribution in [2.75, 3.05) is 13.1 Å². The summed E-state index contributed by atoms with van der Waals surface area (Å²) in [7, 11) is 0. The first-order chi connectivity index (χ1) is 12.2. The maximum Gasteiger partial charge on any atom is 0.248 e. The molecule has 1 aliphatic rings. The van der Waals surface area contributed by atoms with Crippen molar-refractivity contribution in [2.45, 2.75) is 24.9 Å². The minimum atomic E-state index is -0.642. The number of halogens is 3. The van der Waals surface area contributed by atoms with Crippen LogP contribution in [-0.4, -0.2) is 38.2 Å². The van der Waals surface area contributed by atoms with Gasteiger partial charge in [-0.05, 0) is 44.1 Å². The van der Waals surface area contributed by atoms with Crippen molar-refractivity contribution in [3.05, 3.63) is 53.7 Å². The molecule has 0 saturated carbocycles. The van der Waals surface area contributed by atoms with Crippen LogP contribution in [0.2, 0.25) is 5.02 Å². The van der Waals surface area contributed by atoms with Gasteiger partial charge < -0.3 is 15.0 Å². The summed E-state index contributed by atoms with van der Waals surface area (Å²) in [5.41, 5.74) is 0.953. The number of piperidine rings is 1. The van der Waals surface area contributed by atoms with E-state index in [4.69, 9.17) is 11.6 Å². The van der Waals surface area contributed by atoms with Crippen LogP contribution < -0.4 is 10.6 Å². The Morgan fingerprint density at radius 2 is 2.04 bits per heavy atom. The molecule has 1 aliphatic heterocycles. The van der Waals surface area contributed by atoms with Gasteiger partial charge in [0.1, 0.15) is 11.2 Å². The van der Waals surface area contributed by atoms with Gasteiger partial charge in [-0.25, -0.2) is 4.98 Å². The van der Waals surface area contributed by atoms with Crippen molar-refractivity contribution in [2.24, 2.45) is 0 Å². The Kier molecular flexibility index (Phi) is 7.11. The van der Waals surface area contributed by atoms with Gasteiger partial charge in [0.05, 0.1) is 17.3 Å².